The van der Waals surface area contributed by atoms with E-state index in [1.165, 1.54) is 6.08 Å². The molecule has 0 radical (unpaired) electrons. The maximum atomic E-state index is 13.0. The molecular weight excluding hydrogens is 365 g/mol. The number of aliphatic imine (C=N–C) groups is 1. The molecule has 3 heterocycles. The first kappa shape index (κ1) is 17.0. The average Bonchev–Trinajstić information content (AvgIpc) is 2.66. The highest BCUT2D eigenvalue weighted by Crippen LogP contribution is 2.35. The summed E-state index contributed by atoms with van der Waals surface area (Å²) in [4.78, 5) is 8.75. The van der Waals surface area contributed by atoms with Gasteiger partial charge in [-0.05, 0) is 30.6 Å². The molecule has 0 fully saturated rings. The molecule has 0 amide bonds. The molecule has 0 unspecified atom stereocenters. The number of rotatable bonds is 2. The SMILES string of the molecule is FC(F)(F)C1=NN2C(=CC1)N=Cc1cc(C3=CCCC=C3)c(CCl)nc12. The van der Waals surface area contributed by atoms with Gasteiger partial charge in [0.15, 0.2) is 11.6 Å². The van der Waals surface area contributed by atoms with Gasteiger partial charge in [0.05, 0.1) is 11.6 Å². The molecule has 0 spiro atoms. The van der Waals surface area contributed by atoms with Gasteiger partial charge in [-0.2, -0.15) is 23.3 Å². The molecule has 0 N–H and O–H groups in total. The largest absolute Gasteiger partial charge is 0.431 e. The van der Waals surface area contributed by atoms with Crippen LogP contribution in [0.15, 0.2) is 46.3 Å². The van der Waals surface area contributed by atoms with Gasteiger partial charge in [-0.25, -0.2) is 9.98 Å². The second-order valence-corrected chi connectivity index (χ2v) is 6.32. The molecule has 26 heavy (non-hydrogen) atoms. The van der Waals surface area contributed by atoms with Crippen LogP contribution in [0.5, 0.6) is 0 Å². The van der Waals surface area contributed by atoms with Crippen LogP contribution in [-0.4, -0.2) is 23.1 Å². The monoisotopic (exact) mass is 378 g/mol. The average molecular weight is 379 g/mol. The van der Waals surface area contributed by atoms with Crippen molar-refractivity contribution in [1.82, 2.24) is 4.98 Å². The van der Waals surface area contributed by atoms with Crippen molar-refractivity contribution in [2.45, 2.75) is 31.3 Å². The number of alkyl halides is 4. The number of halogens is 4. The lowest BCUT2D eigenvalue weighted by atomic mass is 9.97. The highest BCUT2D eigenvalue weighted by atomic mass is 35.5. The highest BCUT2D eigenvalue weighted by molar-refractivity contribution is 6.17. The third kappa shape index (κ3) is 2.96. The lowest BCUT2D eigenvalue weighted by Crippen LogP contribution is -2.32. The van der Waals surface area contributed by atoms with E-state index in [-0.39, 0.29) is 12.3 Å². The predicted molar refractivity (Wildman–Crippen MR) is 96.4 cm³/mol. The first-order valence-electron chi connectivity index (χ1n) is 8.13. The van der Waals surface area contributed by atoms with E-state index in [0.717, 1.165) is 29.0 Å². The van der Waals surface area contributed by atoms with Gasteiger partial charge in [-0.1, -0.05) is 18.2 Å². The maximum absolute atomic E-state index is 13.0. The van der Waals surface area contributed by atoms with Gasteiger partial charge in [0, 0.05) is 23.8 Å². The van der Waals surface area contributed by atoms with Gasteiger partial charge < -0.3 is 0 Å². The zero-order chi connectivity index (χ0) is 18.3. The first-order chi connectivity index (χ1) is 12.5. The number of hydrazone groups is 1. The molecule has 1 aliphatic carbocycles. The van der Waals surface area contributed by atoms with Crippen molar-refractivity contribution in [1.29, 1.82) is 0 Å². The third-order valence-corrected chi connectivity index (χ3v) is 4.57. The number of pyridine rings is 1. The van der Waals surface area contributed by atoms with Crippen LogP contribution in [0.3, 0.4) is 0 Å². The van der Waals surface area contributed by atoms with Crippen molar-refractivity contribution in [2.75, 3.05) is 5.01 Å². The molecule has 0 bridgehead atoms. The van der Waals surface area contributed by atoms with Crippen LogP contribution in [-0.2, 0) is 5.88 Å². The van der Waals surface area contributed by atoms with Crippen molar-refractivity contribution in [3.63, 3.8) is 0 Å². The smallest absolute Gasteiger partial charge is 0.237 e. The summed E-state index contributed by atoms with van der Waals surface area (Å²) >= 11 is 6.07. The fourth-order valence-corrected chi connectivity index (χ4v) is 3.25. The summed E-state index contributed by atoms with van der Waals surface area (Å²) in [7, 11) is 0. The molecule has 1 aromatic heterocycles. The van der Waals surface area contributed by atoms with Gasteiger partial charge in [-0.3, -0.25) is 0 Å². The highest BCUT2D eigenvalue weighted by Gasteiger charge is 2.39. The number of aromatic nitrogens is 1. The fourth-order valence-electron chi connectivity index (χ4n) is 3.04. The fraction of sp³-hybridized carbons (Fsp3) is 0.278. The maximum Gasteiger partial charge on any atom is 0.431 e. The number of allylic oxidation sites excluding steroid dienone is 5. The minimum atomic E-state index is -4.49. The van der Waals surface area contributed by atoms with Crippen molar-refractivity contribution < 1.29 is 13.2 Å². The summed E-state index contributed by atoms with van der Waals surface area (Å²) in [5.41, 5.74) is 2.21. The first-order valence-corrected chi connectivity index (χ1v) is 8.67. The van der Waals surface area contributed by atoms with Crippen molar-refractivity contribution in [3.8, 4) is 0 Å². The Labute approximate surface area is 153 Å². The molecular formula is C18H14ClF3N4. The zero-order valence-electron chi connectivity index (χ0n) is 13.6. The van der Waals surface area contributed by atoms with Crippen LogP contribution in [0.1, 0.15) is 36.1 Å². The molecule has 3 aliphatic rings. The molecule has 8 heteroatoms. The number of hydrogen-bond acceptors (Lipinski definition) is 4. The summed E-state index contributed by atoms with van der Waals surface area (Å²) in [6.45, 7) is 0. The second kappa shape index (κ2) is 6.39. The lowest BCUT2D eigenvalue weighted by molar-refractivity contribution is -0.0603. The Hall–Kier alpha value is -2.41. The summed E-state index contributed by atoms with van der Waals surface area (Å²) in [6, 6.07) is 1.86. The van der Waals surface area contributed by atoms with Crippen molar-refractivity contribution >= 4 is 34.9 Å². The van der Waals surface area contributed by atoms with Crippen LogP contribution < -0.4 is 5.01 Å². The Morgan fingerprint density at radius 1 is 1.19 bits per heavy atom. The Bertz CT molecular complexity index is 910. The summed E-state index contributed by atoms with van der Waals surface area (Å²) < 4.78 is 39.1. The van der Waals surface area contributed by atoms with Crippen LogP contribution in [0.25, 0.3) is 5.57 Å². The Balaban J connectivity index is 1.82. The third-order valence-electron chi connectivity index (χ3n) is 4.32. The van der Waals surface area contributed by atoms with Gasteiger partial charge >= 0.3 is 6.18 Å². The second-order valence-electron chi connectivity index (χ2n) is 6.05. The summed E-state index contributed by atoms with van der Waals surface area (Å²) in [5.74, 6) is 0.795. The van der Waals surface area contributed by atoms with E-state index in [1.807, 2.05) is 12.1 Å². The molecule has 0 saturated heterocycles. The molecule has 0 atom stereocenters. The lowest BCUT2D eigenvalue weighted by Gasteiger charge is -2.29. The van der Waals surface area contributed by atoms with Crippen LogP contribution in [0, 0.1) is 0 Å². The minimum absolute atomic E-state index is 0.146. The minimum Gasteiger partial charge on any atom is -0.237 e. The quantitative estimate of drug-likeness (QED) is 0.683. The summed E-state index contributed by atoms with van der Waals surface area (Å²) in [5, 5.41) is 4.89. The standard InChI is InChI=1S/C18H14ClF3N4/c19-9-14-13(11-4-2-1-3-5-11)8-12-10-23-16-7-6-15(18(20,21)22)25-26(16)17(12)24-14/h2,4-5,7-8,10H,1,3,6,9H2. The van der Waals surface area contributed by atoms with Gasteiger partial charge in [0.25, 0.3) is 0 Å². The van der Waals surface area contributed by atoms with E-state index in [0.29, 0.717) is 22.9 Å². The van der Waals surface area contributed by atoms with Gasteiger partial charge in [-0.15, -0.1) is 11.6 Å². The zero-order valence-corrected chi connectivity index (χ0v) is 14.3. The summed E-state index contributed by atoms with van der Waals surface area (Å²) in [6.07, 6.45) is 6.31. The van der Waals surface area contributed by atoms with Crippen molar-refractivity contribution in [2.24, 2.45) is 10.1 Å². The molecule has 0 aromatic carbocycles. The number of hydrogen-bond donors (Lipinski definition) is 0. The topological polar surface area (TPSA) is 40.9 Å². The van der Waals surface area contributed by atoms with Crippen LogP contribution in [0.4, 0.5) is 19.0 Å². The van der Waals surface area contributed by atoms with Crippen molar-refractivity contribution in [3.05, 3.63) is 53.0 Å². The van der Waals surface area contributed by atoms with E-state index in [2.05, 4.69) is 27.2 Å². The van der Waals surface area contributed by atoms with Crippen LogP contribution in [0.2, 0.25) is 0 Å². The molecule has 2 aliphatic heterocycles. The number of fused-ring (bicyclic) bond motifs is 3. The molecule has 1 aromatic rings. The van der Waals surface area contributed by atoms with E-state index < -0.39 is 11.9 Å². The Morgan fingerprint density at radius 3 is 2.73 bits per heavy atom. The Kier molecular flexibility index (Phi) is 4.19. The molecule has 4 rings (SSSR count). The van der Waals surface area contributed by atoms with E-state index in [9.17, 15) is 13.2 Å². The number of anilines is 1. The van der Waals surface area contributed by atoms with E-state index >= 15 is 0 Å². The molecule has 0 saturated carbocycles. The normalized spacial score (nSPS) is 18.8. The number of nitrogens with zero attached hydrogens (tertiary/aromatic N) is 4. The molecule has 4 nitrogen and oxygen atoms in total. The van der Waals surface area contributed by atoms with E-state index in [4.69, 9.17) is 11.6 Å². The molecule has 134 valence electrons. The van der Waals surface area contributed by atoms with Gasteiger partial charge in [0.2, 0.25) is 0 Å². The van der Waals surface area contributed by atoms with E-state index in [1.54, 1.807) is 6.21 Å². The Morgan fingerprint density at radius 2 is 2.04 bits per heavy atom. The van der Waals surface area contributed by atoms with Gasteiger partial charge in [0.1, 0.15) is 5.71 Å². The van der Waals surface area contributed by atoms with Crippen LogP contribution >= 0.6 is 11.6 Å². The predicted octanol–water partition coefficient (Wildman–Crippen LogP) is 4.96.